The Kier molecular flexibility index (Phi) is 4.93. The molecule has 1 amide bonds. The lowest BCUT2D eigenvalue weighted by Gasteiger charge is -2.12. The van der Waals surface area contributed by atoms with Gasteiger partial charge in [0.15, 0.2) is 0 Å². The van der Waals surface area contributed by atoms with Crippen LogP contribution < -0.4 is 11.1 Å². The molecule has 0 aliphatic carbocycles. The van der Waals surface area contributed by atoms with Crippen LogP contribution >= 0.6 is 11.3 Å². The van der Waals surface area contributed by atoms with Gasteiger partial charge < -0.3 is 11.1 Å². The zero-order valence-electron chi connectivity index (χ0n) is 11.8. The summed E-state index contributed by atoms with van der Waals surface area (Å²) >= 11 is 1.53. The predicted molar refractivity (Wildman–Crippen MR) is 84.1 cm³/mol. The molecule has 2 aromatic rings. The predicted octanol–water partition coefficient (Wildman–Crippen LogP) is 3.18. The van der Waals surface area contributed by atoms with Gasteiger partial charge in [-0.3, -0.25) is 4.79 Å². The zero-order chi connectivity index (χ0) is 14.5. The Balaban J connectivity index is 1.82. The maximum Gasteiger partial charge on any atom is 0.261 e. The van der Waals surface area contributed by atoms with Crippen LogP contribution in [-0.2, 0) is 0 Å². The van der Waals surface area contributed by atoms with E-state index in [2.05, 4.69) is 5.32 Å². The molecule has 0 aliphatic heterocycles. The van der Waals surface area contributed by atoms with Crippen LogP contribution in [0.15, 0.2) is 36.4 Å². The maximum atomic E-state index is 12.0. The van der Waals surface area contributed by atoms with E-state index in [9.17, 15) is 4.79 Å². The fourth-order valence-corrected chi connectivity index (χ4v) is 2.93. The topological polar surface area (TPSA) is 55.1 Å². The third-order valence-electron chi connectivity index (χ3n) is 3.36. The Morgan fingerprint density at radius 3 is 2.60 bits per heavy atom. The highest BCUT2D eigenvalue weighted by Gasteiger charge is 2.11. The second-order valence-corrected chi connectivity index (χ2v) is 6.17. The maximum absolute atomic E-state index is 12.0. The number of rotatable bonds is 5. The van der Waals surface area contributed by atoms with Crippen molar-refractivity contribution < 1.29 is 4.79 Å². The molecule has 3 nitrogen and oxygen atoms in total. The summed E-state index contributed by atoms with van der Waals surface area (Å²) < 4.78 is 0. The minimum absolute atomic E-state index is 0.00791. The third-order valence-corrected chi connectivity index (χ3v) is 4.51. The molecule has 106 valence electrons. The fraction of sp³-hybridized carbons (Fsp3) is 0.312. The molecule has 3 N–H and O–H groups in total. The highest BCUT2D eigenvalue weighted by Crippen LogP contribution is 2.20. The molecule has 2 rings (SSSR count). The molecule has 1 heterocycles. The third kappa shape index (κ3) is 3.68. The van der Waals surface area contributed by atoms with Crippen molar-refractivity contribution in [3.05, 3.63) is 57.3 Å². The molecule has 4 heteroatoms. The number of thiophene rings is 1. The summed E-state index contributed by atoms with van der Waals surface area (Å²) in [6.45, 7) is 4.64. The van der Waals surface area contributed by atoms with E-state index in [1.807, 2.05) is 50.2 Å². The van der Waals surface area contributed by atoms with Crippen molar-refractivity contribution in [1.82, 2.24) is 5.32 Å². The van der Waals surface area contributed by atoms with Crippen LogP contribution in [0.3, 0.4) is 0 Å². The Hall–Kier alpha value is -1.65. The Bertz CT molecular complexity index is 558. The lowest BCUT2D eigenvalue weighted by Crippen LogP contribution is -2.26. The summed E-state index contributed by atoms with van der Waals surface area (Å²) in [5, 5.41) is 2.93. The largest absolute Gasteiger partial charge is 0.351 e. The number of nitrogens with two attached hydrogens (primary N) is 1. The number of hydrogen-bond donors (Lipinski definition) is 2. The molecule has 20 heavy (non-hydrogen) atoms. The van der Waals surface area contributed by atoms with Crippen molar-refractivity contribution in [2.24, 2.45) is 5.73 Å². The lowest BCUT2D eigenvalue weighted by atomic mass is 10.1. The van der Waals surface area contributed by atoms with Gasteiger partial charge in [-0.2, -0.15) is 0 Å². The summed E-state index contributed by atoms with van der Waals surface area (Å²) in [6.07, 6.45) is 0.735. The van der Waals surface area contributed by atoms with E-state index in [1.54, 1.807) is 0 Å². The first-order valence-electron chi connectivity index (χ1n) is 6.73. The van der Waals surface area contributed by atoms with Gasteiger partial charge in [-0.25, -0.2) is 0 Å². The van der Waals surface area contributed by atoms with Gasteiger partial charge in [0.2, 0.25) is 0 Å². The number of carbonyl (C=O) groups is 1. The monoisotopic (exact) mass is 288 g/mol. The number of hydrogen-bond acceptors (Lipinski definition) is 3. The van der Waals surface area contributed by atoms with E-state index < -0.39 is 0 Å². The smallest absolute Gasteiger partial charge is 0.261 e. The van der Waals surface area contributed by atoms with E-state index in [4.69, 9.17) is 5.73 Å². The van der Waals surface area contributed by atoms with Crippen molar-refractivity contribution in [1.29, 1.82) is 0 Å². The standard InChI is InChI=1S/C16H20N2OS/c1-11-10-15(20-12(11)2)16(19)18-9-8-14(17)13-6-4-3-5-7-13/h3-7,10,14H,8-9,17H2,1-2H3,(H,18,19). The van der Waals surface area contributed by atoms with Crippen molar-refractivity contribution in [3.63, 3.8) is 0 Å². The minimum Gasteiger partial charge on any atom is -0.351 e. The van der Waals surface area contributed by atoms with Gasteiger partial charge in [-0.1, -0.05) is 30.3 Å². The summed E-state index contributed by atoms with van der Waals surface area (Å²) in [7, 11) is 0. The molecule has 0 aliphatic rings. The molecule has 1 atom stereocenters. The van der Waals surface area contributed by atoms with Crippen LogP contribution in [0, 0.1) is 13.8 Å². The van der Waals surface area contributed by atoms with E-state index in [-0.39, 0.29) is 11.9 Å². The average molecular weight is 288 g/mol. The first-order chi connectivity index (χ1) is 9.58. The summed E-state index contributed by atoms with van der Waals surface area (Å²) in [4.78, 5) is 13.9. The van der Waals surface area contributed by atoms with Gasteiger partial charge in [-0.05, 0) is 37.5 Å². The normalized spacial score (nSPS) is 12.2. The second-order valence-electron chi connectivity index (χ2n) is 4.91. The lowest BCUT2D eigenvalue weighted by molar-refractivity contribution is 0.0956. The first kappa shape index (κ1) is 14.8. The first-order valence-corrected chi connectivity index (χ1v) is 7.55. The summed E-state index contributed by atoms with van der Waals surface area (Å²) in [5.74, 6) is -0.00791. The molecule has 0 spiro atoms. The van der Waals surface area contributed by atoms with Gasteiger partial charge >= 0.3 is 0 Å². The van der Waals surface area contributed by atoms with Crippen LogP contribution in [0.5, 0.6) is 0 Å². The van der Waals surface area contributed by atoms with E-state index in [0.29, 0.717) is 6.54 Å². The molecular formula is C16H20N2OS. The van der Waals surface area contributed by atoms with Crippen LogP contribution in [0.1, 0.15) is 38.1 Å². The molecule has 0 saturated carbocycles. The van der Waals surface area contributed by atoms with Gasteiger partial charge in [0.1, 0.15) is 0 Å². The quantitative estimate of drug-likeness (QED) is 0.888. The molecule has 1 aromatic heterocycles. The molecule has 1 aromatic carbocycles. The van der Waals surface area contributed by atoms with Crippen LogP contribution in [0.4, 0.5) is 0 Å². The summed E-state index contributed by atoms with van der Waals surface area (Å²) in [6, 6.07) is 11.8. The number of carbonyl (C=O) groups excluding carboxylic acids is 1. The number of nitrogens with one attached hydrogen (secondary N) is 1. The number of amides is 1. The molecular weight excluding hydrogens is 268 g/mol. The van der Waals surface area contributed by atoms with Crippen LogP contribution in [-0.4, -0.2) is 12.5 Å². The van der Waals surface area contributed by atoms with E-state index in [1.165, 1.54) is 21.8 Å². The van der Waals surface area contributed by atoms with E-state index >= 15 is 0 Å². The Labute approximate surface area is 123 Å². The average Bonchev–Trinajstić information content (AvgIpc) is 2.79. The van der Waals surface area contributed by atoms with Crippen LogP contribution in [0.25, 0.3) is 0 Å². The molecule has 0 saturated heterocycles. The highest BCUT2D eigenvalue weighted by atomic mass is 32.1. The van der Waals surface area contributed by atoms with Crippen molar-refractivity contribution >= 4 is 17.2 Å². The number of aryl methyl sites for hydroxylation is 2. The molecule has 0 radical (unpaired) electrons. The zero-order valence-corrected chi connectivity index (χ0v) is 12.7. The molecule has 0 fully saturated rings. The van der Waals surface area contributed by atoms with Crippen LogP contribution in [0.2, 0.25) is 0 Å². The Morgan fingerprint density at radius 2 is 2.00 bits per heavy atom. The van der Waals surface area contributed by atoms with Crippen molar-refractivity contribution in [2.45, 2.75) is 26.3 Å². The Morgan fingerprint density at radius 1 is 1.30 bits per heavy atom. The van der Waals surface area contributed by atoms with E-state index in [0.717, 1.165) is 16.9 Å². The second kappa shape index (κ2) is 6.68. The number of benzene rings is 1. The molecule has 0 bridgehead atoms. The van der Waals surface area contributed by atoms with Gasteiger partial charge in [0.05, 0.1) is 4.88 Å². The minimum atomic E-state index is -0.0386. The SMILES string of the molecule is Cc1cc(C(=O)NCCC(N)c2ccccc2)sc1C. The molecule has 1 unspecified atom stereocenters. The summed E-state index contributed by atoms with van der Waals surface area (Å²) in [5.41, 5.74) is 8.37. The highest BCUT2D eigenvalue weighted by molar-refractivity contribution is 7.14. The van der Waals surface area contributed by atoms with Gasteiger partial charge in [-0.15, -0.1) is 11.3 Å². The van der Waals surface area contributed by atoms with Gasteiger partial charge in [0.25, 0.3) is 5.91 Å². The van der Waals surface area contributed by atoms with Crippen molar-refractivity contribution in [2.75, 3.05) is 6.54 Å². The van der Waals surface area contributed by atoms with Gasteiger partial charge in [0, 0.05) is 17.5 Å². The van der Waals surface area contributed by atoms with Crippen molar-refractivity contribution in [3.8, 4) is 0 Å². The fourth-order valence-electron chi connectivity index (χ4n) is 1.98.